The number of carbonyl (C=O) groups excluding carboxylic acids is 2. The number of furan rings is 1. The Morgan fingerprint density at radius 2 is 1.81 bits per heavy atom. The Bertz CT molecular complexity index is 997. The van der Waals surface area contributed by atoms with E-state index in [1.54, 1.807) is 12.3 Å². The van der Waals surface area contributed by atoms with E-state index in [-0.39, 0.29) is 12.2 Å². The first kappa shape index (κ1) is 18.4. The lowest BCUT2D eigenvalue weighted by molar-refractivity contribution is -0.129. The smallest absolute Gasteiger partial charge is 0.276 e. The van der Waals surface area contributed by atoms with Gasteiger partial charge in [0.15, 0.2) is 18.2 Å². The molecular weight excluding hydrogens is 351 g/mol. The molecule has 2 aromatic carbocycles. The van der Waals surface area contributed by atoms with Crippen LogP contribution in [0.25, 0.3) is 11.0 Å². The summed E-state index contributed by atoms with van der Waals surface area (Å²) in [5, 5.41) is 0.863. The van der Waals surface area contributed by atoms with Gasteiger partial charge in [-0.05, 0) is 37.1 Å². The van der Waals surface area contributed by atoms with Crippen molar-refractivity contribution in [2.45, 2.75) is 20.3 Å². The fourth-order valence-electron chi connectivity index (χ4n) is 2.62. The van der Waals surface area contributed by atoms with E-state index in [2.05, 4.69) is 10.9 Å². The molecule has 0 aliphatic carbocycles. The summed E-state index contributed by atoms with van der Waals surface area (Å²) in [6.45, 7) is 3.53. The number of aryl methyl sites for hydroxylation is 2. The van der Waals surface area contributed by atoms with Gasteiger partial charge in [-0.2, -0.15) is 0 Å². The molecule has 7 heteroatoms. The molecule has 2 N–H and O–H groups in total. The number of hydrogen-bond donors (Lipinski definition) is 2. The number of carbonyl (C=O) groups is 2. The second-order valence-corrected chi connectivity index (χ2v) is 6.14. The summed E-state index contributed by atoms with van der Waals surface area (Å²) >= 11 is 0. The quantitative estimate of drug-likeness (QED) is 0.677. The first-order valence-electron chi connectivity index (χ1n) is 8.37. The molecule has 0 fully saturated rings. The van der Waals surface area contributed by atoms with Crippen LogP contribution in [0.1, 0.15) is 16.7 Å². The average Bonchev–Trinajstić information content (AvgIpc) is 3.05. The van der Waals surface area contributed by atoms with E-state index in [4.69, 9.17) is 9.15 Å². The molecule has 0 bridgehead atoms. The second kappa shape index (κ2) is 7.90. The zero-order valence-electron chi connectivity index (χ0n) is 15.0. The summed E-state index contributed by atoms with van der Waals surface area (Å²) in [4.78, 5) is 23.8. The first-order chi connectivity index (χ1) is 13.0. The maximum Gasteiger partial charge on any atom is 0.276 e. The van der Waals surface area contributed by atoms with Gasteiger partial charge in [0.05, 0.1) is 12.7 Å². The Kier molecular flexibility index (Phi) is 5.40. The second-order valence-electron chi connectivity index (χ2n) is 6.14. The maximum atomic E-state index is 13.4. The summed E-state index contributed by atoms with van der Waals surface area (Å²) in [5.41, 5.74) is 8.15. The lowest BCUT2D eigenvalue weighted by atomic mass is 10.0. The van der Waals surface area contributed by atoms with E-state index in [0.29, 0.717) is 0 Å². The molecule has 0 spiro atoms. The molecule has 0 unspecified atom stereocenters. The zero-order valence-corrected chi connectivity index (χ0v) is 15.0. The normalized spacial score (nSPS) is 10.6. The van der Waals surface area contributed by atoms with Crippen molar-refractivity contribution in [3.63, 3.8) is 0 Å². The SMILES string of the molecule is Cc1ccc2c(CC(=O)NNC(=O)COc3ccccc3F)coc2c1C. The highest BCUT2D eigenvalue weighted by molar-refractivity contribution is 5.90. The molecular formula is C20H19FN2O4. The Hall–Kier alpha value is -3.35. The van der Waals surface area contributed by atoms with Crippen molar-refractivity contribution in [2.75, 3.05) is 6.61 Å². The van der Waals surface area contributed by atoms with Crippen LogP contribution in [-0.2, 0) is 16.0 Å². The third-order valence-corrected chi connectivity index (χ3v) is 4.23. The van der Waals surface area contributed by atoms with Crippen molar-refractivity contribution < 1.29 is 23.1 Å². The summed E-state index contributed by atoms with van der Waals surface area (Å²) < 4.78 is 24.0. The molecule has 0 aliphatic heterocycles. The summed E-state index contributed by atoms with van der Waals surface area (Å²) in [7, 11) is 0. The number of benzene rings is 2. The van der Waals surface area contributed by atoms with Gasteiger partial charge in [0.25, 0.3) is 5.91 Å². The van der Waals surface area contributed by atoms with E-state index >= 15 is 0 Å². The Morgan fingerprint density at radius 3 is 2.59 bits per heavy atom. The lowest BCUT2D eigenvalue weighted by Crippen LogP contribution is -2.44. The van der Waals surface area contributed by atoms with Crippen LogP contribution in [0, 0.1) is 19.7 Å². The van der Waals surface area contributed by atoms with E-state index in [1.807, 2.05) is 26.0 Å². The van der Waals surface area contributed by atoms with Crippen molar-refractivity contribution >= 4 is 22.8 Å². The van der Waals surface area contributed by atoms with Crippen LogP contribution in [0.3, 0.4) is 0 Å². The molecule has 0 aliphatic rings. The number of fused-ring (bicyclic) bond motifs is 1. The predicted octanol–water partition coefficient (Wildman–Crippen LogP) is 2.96. The minimum atomic E-state index is -0.602. The van der Waals surface area contributed by atoms with Crippen LogP contribution in [0.4, 0.5) is 4.39 Å². The molecule has 140 valence electrons. The largest absolute Gasteiger partial charge is 0.481 e. The van der Waals surface area contributed by atoms with Gasteiger partial charge in [-0.15, -0.1) is 0 Å². The Balaban J connectivity index is 1.52. The van der Waals surface area contributed by atoms with Crippen molar-refractivity contribution in [3.8, 4) is 5.75 Å². The van der Waals surface area contributed by atoms with Crippen LogP contribution in [0.15, 0.2) is 47.1 Å². The molecule has 3 rings (SSSR count). The van der Waals surface area contributed by atoms with Crippen LogP contribution < -0.4 is 15.6 Å². The highest BCUT2D eigenvalue weighted by Crippen LogP contribution is 2.26. The molecule has 27 heavy (non-hydrogen) atoms. The standard InChI is InChI=1S/C20H19FN2O4/c1-12-7-8-15-14(10-27-20(15)13(12)2)9-18(24)22-23-19(25)11-26-17-6-4-3-5-16(17)21/h3-8,10H,9,11H2,1-2H3,(H,22,24)(H,23,25). The van der Waals surface area contributed by atoms with Crippen molar-refractivity contribution in [2.24, 2.45) is 0 Å². The van der Waals surface area contributed by atoms with Gasteiger partial charge in [-0.1, -0.05) is 24.3 Å². The lowest BCUT2D eigenvalue weighted by Gasteiger charge is -2.09. The van der Waals surface area contributed by atoms with Gasteiger partial charge >= 0.3 is 0 Å². The van der Waals surface area contributed by atoms with Gasteiger partial charge in [0.1, 0.15) is 5.58 Å². The van der Waals surface area contributed by atoms with E-state index < -0.39 is 24.2 Å². The van der Waals surface area contributed by atoms with Gasteiger partial charge in [0.2, 0.25) is 5.91 Å². The average molecular weight is 370 g/mol. The van der Waals surface area contributed by atoms with Crippen LogP contribution in [0.5, 0.6) is 5.75 Å². The topological polar surface area (TPSA) is 80.6 Å². The number of para-hydroxylation sites is 1. The molecule has 0 saturated carbocycles. The van der Waals surface area contributed by atoms with Gasteiger partial charge in [-0.3, -0.25) is 20.4 Å². The Morgan fingerprint density at radius 1 is 1.07 bits per heavy atom. The summed E-state index contributed by atoms with van der Waals surface area (Å²) in [5.74, 6) is -1.61. The van der Waals surface area contributed by atoms with Crippen LogP contribution in [0.2, 0.25) is 0 Å². The fourth-order valence-corrected chi connectivity index (χ4v) is 2.62. The minimum Gasteiger partial charge on any atom is -0.481 e. The summed E-state index contributed by atoms with van der Waals surface area (Å²) in [6, 6.07) is 9.63. The molecule has 0 atom stereocenters. The number of hydrazine groups is 1. The van der Waals surface area contributed by atoms with Crippen molar-refractivity contribution in [1.29, 1.82) is 0 Å². The number of amides is 2. The molecule has 0 saturated heterocycles. The minimum absolute atomic E-state index is 0.0329. The number of ether oxygens (including phenoxy) is 1. The number of halogens is 1. The third-order valence-electron chi connectivity index (χ3n) is 4.23. The molecule has 6 nitrogen and oxygen atoms in total. The van der Waals surface area contributed by atoms with E-state index in [1.165, 1.54) is 18.2 Å². The zero-order chi connectivity index (χ0) is 19.4. The number of rotatable bonds is 5. The van der Waals surface area contributed by atoms with Crippen LogP contribution >= 0.6 is 0 Å². The number of nitrogens with one attached hydrogen (secondary N) is 2. The number of hydrogen-bond acceptors (Lipinski definition) is 4. The molecule has 0 radical (unpaired) electrons. The molecule has 1 heterocycles. The van der Waals surface area contributed by atoms with Gasteiger partial charge in [0, 0.05) is 10.9 Å². The highest BCUT2D eigenvalue weighted by Gasteiger charge is 2.13. The maximum absolute atomic E-state index is 13.4. The van der Waals surface area contributed by atoms with Gasteiger partial charge < -0.3 is 9.15 Å². The predicted molar refractivity (Wildman–Crippen MR) is 97.6 cm³/mol. The molecule has 2 amide bonds. The van der Waals surface area contributed by atoms with Gasteiger partial charge in [-0.25, -0.2) is 4.39 Å². The van der Waals surface area contributed by atoms with Crippen molar-refractivity contribution in [3.05, 3.63) is 65.2 Å². The van der Waals surface area contributed by atoms with Crippen LogP contribution in [-0.4, -0.2) is 18.4 Å². The van der Waals surface area contributed by atoms with E-state index in [0.717, 1.165) is 27.7 Å². The van der Waals surface area contributed by atoms with E-state index in [9.17, 15) is 14.0 Å². The molecule has 1 aromatic heterocycles. The molecule has 3 aromatic rings. The fraction of sp³-hybridized carbons (Fsp3) is 0.200. The first-order valence-corrected chi connectivity index (χ1v) is 8.37. The highest BCUT2D eigenvalue weighted by atomic mass is 19.1. The van der Waals surface area contributed by atoms with Crippen molar-refractivity contribution in [1.82, 2.24) is 10.9 Å². The third kappa shape index (κ3) is 4.25. The summed E-state index contributed by atoms with van der Waals surface area (Å²) in [6.07, 6.45) is 1.59. The Labute approximate surface area is 155 Å². The monoisotopic (exact) mass is 370 g/mol.